The maximum absolute atomic E-state index is 12.8. The van der Waals surface area contributed by atoms with Gasteiger partial charge in [-0.3, -0.25) is 4.79 Å². The average molecular weight is 533 g/mol. The number of hydrogen-bond acceptors (Lipinski definition) is 3. The van der Waals surface area contributed by atoms with E-state index in [0.29, 0.717) is 16.5 Å². The van der Waals surface area contributed by atoms with Gasteiger partial charge in [0.05, 0.1) is 5.69 Å². The number of hydrogen-bond donors (Lipinski definition) is 1. The molecule has 0 aliphatic heterocycles. The van der Waals surface area contributed by atoms with Crippen molar-refractivity contribution in [3.05, 3.63) is 92.6 Å². The molecule has 0 spiro atoms. The number of carbonyl (C=O) groups excluding carboxylic acids is 1. The fourth-order valence-electron chi connectivity index (χ4n) is 2.71. The molecule has 4 aromatic rings. The lowest BCUT2D eigenvalue weighted by Gasteiger charge is -2.06. The molecule has 0 atom stereocenters. The smallest absolute Gasteiger partial charge is 0.295 e. The minimum Gasteiger partial charge on any atom is -0.319 e. The fraction of sp³-hybridized carbons (Fsp3) is 0. The number of nitrogens with zero attached hydrogens (tertiary/aromatic N) is 3. The van der Waals surface area contributed by atoms with Crippen LogP contribution in [-0.4, -0.2) is 20.7 Å². The van der Waals surface area contributed by atoms with E-state index >= 15 is 0 Å². The van der Waals surface area contributed by atoms with Crippen LogP contribution in [0.5, 0.6) is 0 Å². The molecular formula is C21H13Br2ClN4O. The van der Waals surface area contributed by atoms with Crippen LogP contribution in [0.3, 0.4) is 0 Å². The molecule has 144 valence electrons. The fourth-order valence-corrected chi connectivity index (χ4v) is 3.50. The van der Waals surface area contributed by atoms with Gasteiger partial charge in [0.1, 0.15) is 0 Å². The molecule has 8 heteroatoms. The lowest BCUT2D eigenvalue weighted by Crippen LogP contribution is -2.14. The lowest BCUT2D eigenvalue weighted by atomic mass is 10.2. The molecule has 0 radical (unpaired) electrons. The largest absolute Gasteiger partial charge is 0.319 e. The zero-order valence-corrected chi connectivity index (χ0v) is 18.7. The van der Waals surface area contributed by atoms with E-state index < -0.39 is 5.91 Å². The van der Waals surface area contributed by atoms with Crippen LogP contribution in [0.4, 0.5) is 5.69 Å². The van der Waals surface area contributed by atoms with Gasteiger partial charge in [0.15, 0.2) is 5.82 Å². The molecule has 0 fully saturated rings. The summed E-state index contributed by atoms with van der Waals surface area (Å²) >= 11 is 12.8. The first-order chi connectivity index (χ1) is 14.0. The van der Waals surface area contributed by atoms with Gasteiger partial charge in [-0.25, -0.2) is 9.67 Å². The molecule has 0 saturated heterocycles. The Morgan fingerprint density at radius 1 is 0.931 bits per heavy atom. The Labute approximate surface area is 189 Å². The van der Waals surface area contributed by atoms with Crippen molar-refractivity contribution in [2.24, 2.45) is 0 Å². The number of rotatable bonds is 4. The standard InChI is InChI=1S/C21H13Br2ClN4O/c22-14-6-10-18(11-7-14)28-20(13-4-8-16(24)9-5-13)26-19(27-28)21(29)25-17-3-1-2-15(23)12-17/h1-12H,(H,25,29). The summed E-state index contributed by atoms with van der Waals surface area (Å²) in [6, 6.07) is 22.2. The van der Waals surface area contributed by atoms with Crippen molar-refractivity contribution in [3.8, 4) is 17.1 Å². The number of benzene rings is 3. The van der Waals surface area contributed by atoms with Crippen molar-refractivity contribution < 1.29 is 4.79 Å². The first kappa shape index (κ1) is 19.8. The Morgan fingerprint density at radius 3 is 2.34 bits per heavy atom. The van der Waals surface area contributed by atoms with Gasteiger partial charge in [-0.1, -0.05) is 49.5 Å². The van der Waals surface area contributed by atoms with Crippen molar-refractivity contribution in [1.29, 1.82) is 0 Å². The molecule has 0 unspecified atom stereocenters. The molecule has 0 saturated carbocycles. The minimum absolute atomic E-state index is 0.0674. The van der Waals surface area contributed by atoms with Crippen LogP contribution in [-0.2, 0) is 0 Å². The van der Waals surface area contributed by atoms with Gasteiger partial charge in [0.25, 0.3) is 5.91 Å². The Kier molecular flexibility index (Phi) is 5.80. The third-order valence-electron chi connectivity index (χ3n) is 4.07. The molecule has 0 aliphatic rings. The first-order valence-electron chi connectivity index (χ1n) is 8.55. The van der Waals surface area contributed by atoms with Crippen molar-refractivity contribution in [1.82, 2.24) is 14.8 Å². The number of anilines is 1. The van der Waals surface area contributed by atoms with Gasteiger partial charge in [-0.15, -0.1) is 5.10 Å². The number of halogens is 3. The van der Waals surface area contributed by atoms with E-state index in [4.69, 9.17) is 11.6 Å². The highest BCUT2D eigenvalue weighted by Gasteiger charge is 2.19. The zero-order chi connectivity index (χ0) is 20.4. The third-order valence-corrected chi connectivity index (χ3v) is 5.34. The summed E-state index contributed by atoms with van der Waals surface area (Å²) in [5.74, 6) is 0.218. The SMILES string of the molecule is O=C(Nc1cccc(Br)c1)c1nc(-c2ccc(Cl)cc2)n(-c2ccc(Br)cc2)n1. The van der Waals surface area contributed by atoms with Crippen LogP contribution in [0.15, 0.2) is 81.7 Å². The highest BCUT2D eigenvalue weighted by Crippen LogP contribution is 2.24. The minimum atomic E-state index is -0.394. The summed E-state index contributed by atoms with van der Waals surface area (Å²) < 4.78 is 3.46. The summed E-state index contributed by atoms with van der Waals surface area (Å²) in [7, 11) is 0. The van der Waals surface area contributed by atoms with E-state index in [2.05, 4.69) is 47.3 Å². The molecule has 29 heavy (non-hydrogen) atoms. The summed E-state index contributed by atoms with van der Waals surface area (Å²) in [4.78, 5) is 17.3. The normalized spacial score (nSPS) is 10.7. The van der Waals surface area contributed by atoms with E-state index in [-0.39, 0.29) is 5.82 Å². The van der Waals surface area contributed by atoms with Crippen molar-refractivity contribution in [2.45, 2.75) is 0 Å². The molecule has 1 heterocycles. The van der Waals surface area contributed by atoms with Gasteiger partial charge in [-0.2, -0.15) is 0 Å². The Bertz CT molecular complexity index is 1110. The van der Waals surface area contributed by atoms with Crippen LogP contribution in [0, 0.1) is 0 Å². The van der Waals surface area contributed by atoms with Gasteiger partial charge < -0.3 is 5.32 Å². The van der Waals surface area contributed by atoms with Gasteiger partial charge >= 0.3 is 0 Å². The molecule has 1 aromatic heterocycles. The highest BCUT2D eigenvalue weighted by molar-refractivity contribution is 9.10. The number of nitrogens with one attached hydrogen (secondary N) is 1. The van der Waals surface area contributed by atoms with Gasteiger partial charge in [0, 0.05) is 25.2 Å². The Balaban J connectivity index is 1.75. The summed E-state index contributed by atoms with van der Waals surface area (Å²) in [5.41, 5.74) is 2.23. The highest BCUT2D eigenvalue weighted by atomic mass is 79.9. The van der Waals surface area contributed by atoms with Crippen LogP contribution in [0.25, 0.3) is 17.1 Å². The zero-order valence-electron chi connectivity index (χ0n) is 14.8. The Morgan fingerprint density at radius 2 is 1.66 bits per heavy atom. The average Bonchev–Trinajstić information content (AvgIpc) is 3.15. The van der Waals surface area contributed by atoms with Crippen LogP contribution < -0.4 is 5.32 Å². The monoisotopic (exact) mass is 530 g/mol. The first-order valence-corrected chi connectivity index (χ1v) is 10.5. The van der Waals surface area contributed by atoms with Crippen molar-refractivity contribution >= 4 is 55.1 Å². The topological polar surface area (TPSA) is 59.8 Å². The van der Waals surface area contributed by atoms with Crippen LogP contribution in [0.1, 0.15) is 10.6 Å². The third kappa shape index (κ3) is 4.58. The number of carbonyl (C=O) groups is 1. The lowest BCUT2D eigenvalue weighted by molar-refractivity contribution is 0.101. The Hall–Kier alpha value is -2.48. The van der Waals surface area contributed by atoms with E-state index in [0.717, 1.165) is 20.2 Å². The molecule has 0 aliphatic carbocycles. The van der Waals surface area contributed by atoms with Crippen molar-refractivity contribution in [3.63, 3.8) is 0 Å². The van der Waals surface area contributed by atoms with E-state index in [1.165, 1.54) is 0 Å². The number of aromatic nitrogens is 3. The molecule has 0 bridgehead atoms. The van der Waals surface area contributed by atoms with Gasteiger partial charge in [0.2, 0.25) is 5.82 Å². The molecule has 3 aromatic carbocycles. The second-order valence-corrected chi connectivity index (χ2v) is 8.39. The quantitative estimate of drug-likeness (QED) is 0.333. The predicted octanol–water partition coefficient (Wildman–Crippen LogP) is 6.37. The van der Waals surface area contributed by atoms with E-state index in [1.54, 1.807) is 22.9 Å². The number of amides is 1. The summed E-state index contributed by atoms with van der Waals surface area (Å²) in [6.07, 6.45) is 0. The summed E-state index contributed by atoms with van der Waals surface area (Å²) in [6.45, 7) is 0. The maximum atomic E-state index is 12.8. The summed E-state index contributed by atoms with van der Waals surface area (Å²) in [5, 5.41) is 7.91. The van der Waals surface area contributed by atoms with E-state index in [1.807, 2.05) is 54.6 Å². The van der Waals surface area contributed by atoms with E-state index in [9.17, 15) is 4.79 Å². The molecular weight excluding hydrogens is 520 g/mol. The van der Waals surface area contributed by atoms with Crippen LogP contribution >= 0.6 is 43.5 Å². The second-order valence-electron chi connectivity index (χ2n) is 6.12. The van der Waals surface area contributed by atoms with Gasteiger partial charge in [-0.05, 0) is 66.7 Å². The maximum Gasteiger partial charge on any atom is 0.295 e. The molecule has 4 rings (SSSR count). The van der Waals surface area contributed by atoms with Crippen molar-refractivity contribution in [2.75, 3.05) is 5.32 Å². The van der Waals surface area contributed by atoms with Crippen LogP contribution in [0.2, 0.25) is 5.02 Å². The second kappa shape index (κ2) is 8.49. The molecule has 5 nitrogen and oxygen atoms in total. The predicted molar refractivity (Wildman–Crippen MR) is 122 cm³/mol. The molecule has 1 N–H and O–H groups in total. The molecule has 1 amide bonds.